The van der Waals surface area contributed by atoms with Crippen molar-refractivity contribution in [3.8, 4) is 0 Å². The van der Waals surface area contributed by atoms with E-state index in [9.17, 15) is 9.59 Å². The first-order chi connectivity index (χ1) is 9.57. The Balaban J connectivity index is 1.86. The fourth-order valence-electron chi connectivity index (χ4n) is 2.23. The van der Waals surface area contributed by atoms with Gasteiger partial charge in [-0.2, -0.15) is 5.10 Å². The SMILES string of the molecule is COC(=O)Cn1cc(NC(=O)CC2(OC)CCC2)cn1. The normalized spacial score (nSPS) is 16.3. The summed E-state index contributed by atoms with van der Waals surface area (Å²) in [6, 6.07) is 0. The Morgan fingerprint density at radius 1 is 1.45 bits per heavy atom. The number of amides is 1. The molecule has 7 nitrogen and oxygen atoms in total. The number of hydrogen-bond acceptors (Lipinski definition) is 5. The van der Waals surface area contributed by atoms with Crippen LogP contribution >= 0.6 is 0 Å². The molecular weight excluding hydrogens is 262 g/mol. The molecule has 0 bridgehead atoms. The maximum Gasteiger partial charge on any atom is 0.327 e. The number of anilines is 1. The molecule has 0 spiro atoms. The molecule has 0 unspecified atom stereocenters. The molecule has 1 aliphatic rings. The van der Waals surface area contributed by atoms with Gasteiger partial charge < -0.3 is 14.8 Å². The second-order valence-corrected chi connectivity index (χ2v) is 4.97. The number of methoxy groups -OCH3 is 2. The van der Waals surface area contributed by atoms with Crippen molar-refractivity contribution in [1.29, 1.82) is 0 Å². The number of rotatable bonds is 6. The standard InChI is InChI=1S/C13H19N3O4/c1-19-12(18)9-16-8-10(7-14-16)15-11(17)6-13(20-2)4-3-5-13/h7-8H,3-6,9H2,1-2H3,(H,15,17). The average molecular weight is 281 g/mol. The van der Waals surface area contributed by atoms with E-state index in [4.69, 9.17) is 4.74 Å². The first-order valence-electron chi connectivity index (χ1n) is 6.51. The average Bonchev–Trinajstić information content (AvgIpc) is 2.80. The predicted octanol–water partition coefficient (Wildman–Crippen LogP) is 0.954. The van der Waals surface area contributed by atoms with Crippen LogP contribution in [-0.4, -0.2) is 41.5 Å². The predicted molar refractivity (Wildman–Crippen MR) is 71.1 cm³/mol. The van der Waals surface area contributed by atoms with Gasteiger partial charge in [0, 0.05) is 13.3 Å². The van der Waals surface area contributed by atoms with E-state index in [1.165, 1.54) is 18.0 Å². The lowest BCUT2D eigenvalue weighted by Gasteiger charge is -2.39. The summed E-state index contributed by atoms with van der Waals surface area (Å²) >= 11 is 0. The van der Waals surface area contributed by atoms with Crippen molar-refractivity contribution in [2.75, 3.05) is 19.5 Å². The molecule has 2 rings (SSSR count). The summed E-state index contributed by atoms with van der Waals surface area (Å²) in [6.45, 7) is 0.0222. The van der Waals surface area contributed by atoms with Gasteiger partial charge in [-0.1, -0.05) is 0 Å². The van der Waals surface area contributed by atoms with E-state index >= 15 is 0 Å². The molecule has 1 fully saturated rings. The molecule has 1 aliphatic carbocycles. The lowest BCUT2D eigenvalue weighted by Crippen LogP contribution is -2.42. The smallest absolute Gasteiger partial charge is 0.327 e. The molecule has 0 aliphatic heterocycles. The van der Waals surface area contributed by atoms with E-state index in [0.29, 0.717) is 12.1 Å². The third kappa shape index (κ3) is 3.36. The van der Waals surface area contributed by atoms with Crippen LogP contribution in [0.25, 0.3) is 0 Å². The minimum absolute atomic E-state index is 0.0222. The number of esters is 1. The highest BCUT2D eigenvalue weighted by atomic mass is 16.5. The summed E-state index contributed by atoms with van der Waals surface area (Å²) in [5.74, 6) is -0.497. The Kier molecular flexibility index (Phi) is 4.39. The van der Waals surface area contributed by atoms with E-state index < -0.39 is 5.97 Å². The molecule has 7 heteroatoms. The summed E-state index contributed by atoms with van der Waals surface area (Å²) in [5.41, 5.74) is 0.260. The fraction of sp³-hybridized carbons (Fsp3) is 0.615. The van der Waals surface area contributed by atoms with Gasteiger partial charge in [0.15, 0.2) is 0 Å². The highest BCUT2D eigenvalue weighted by molar-refractivity contribution is 5.91. The van der Waals surface area contributed by atoms with Crippen LogP contribution in [0.5, 0.6) is 0 Å². The van der Waals surface area contributed by atoms with E-state index in [1.807, 2.05) is 0 Å². The van der Waals surface area contributed by atoms with Gasteiger partial charge >= 0.3 is 5.97 Å². The minimum atomic E-state index is -0.390. The van der Waals surface area contributed by atoms with Crippen LogP contribution in [0.4, 0.5) is 5.69 Å². The molecule has 0 saturated heterocycles. The Morgan fingerprint density at radius 3 is 2.75 bits per heavy atom. The number of hydrogen-bond donors (Lipinski definition) is 1. The Morgan fingerprint density at radius 2 is 2.20 bits per heavy atom. The summed E-state index contributed by atoms with van der Waals surface area (Å²) in [4.78, 5) is 23.0. The molecule has 1 N–H and O–H groups in total. The van der Waals surface area contributed by atoms with Gasteiger partial charge in [-0.25, -0.2) is 0 Å². The van der Waals surface area contributed by atoms with E-state index in [0.717, 1.165) is 19.3 Å². The quantitative estimate of drug-likeness (QED) is 0.785. The topological polar surface area (TPSA) is 82.5 Å². The number of aromatic nitrogens is 2. The van der Waals surface area contributed by atoms with Crippen molar-refractivity contribution >= 4 is 17.6 Å². The van der Waals surface area contributed by atoms with Gasteiger partial charge in [0.25, 0.3) is 0 Å². The van der Waals surface area contributed by atoms with Crippen molar-refractivity contribution in [3.63, 3.8) is 0 Å². The number of nitrogens with one attached hydrogen (secondary N) is 1. The van der Waals surface area contributed by atoms with Crippen LogP contribution in [0.2, 0.25) is 0 Å². The highest BCUT2D eigenvalue weighted by Crippen LogP contribution is 2.38. The van der Waals surface area contributed by atoms with Crippen LogP contribution in [0, 0.1) is 0 Å². The monoisotopic (exact) mass is 281 g/mol. The zero-order valence-electron chi connectivity index (χ0n) is 11.7. The maximum absolute atomic E-state index is 11.9. The number of carbonyl (C=O) groups is 2. The third-order valence-electron chi connectivity index (χ3n) is 3.62. The van der Waals surface area contributed by atoms with Crippen LogP contribution in [0.1, 0.15) is 25.7 Å². The molecule has 1 amide bonds. The van der Waals surface area contributed by atoms with Crippen molar-refractivity contribution < 1.29 is 19.1 Å². The first kappa shape index (κ1) is 14.5. The number of nitrogens with zero attached hydrogens (tertiary/aromatic N) is 2. The second kappa shape index (κ2) is 6.04. The second-order valence-electron chi connectivity index (χ2n) is 4.97. The summed E-state index contributed by atoms with van der Waals surface area (Å²) in [6.07, 6.45) is 6.36. The van der Waals surface area contributed by atoms with Crippen LogP contribution in [0.15, 0.2) is 12.4 Å². The number of carbonyl (C=O) groups excluding carboxylic acids is 2. The Labute approximate surface area is 117 Å². The molecule has 0 radical (unpaired) electrons. The van der Waals surface area contributed by atoms with Gasteiger partial charge in [-0.15, -0.1) is 0 Å². The van der Waals surface area contributed by atoms with Crippen molar-refractivity contribution in [3.05, 3.63) is 12.4 Å². The fourth-order valence-corrected chi connectivity index (χ4v) is 2.23. The van der Waals surface area contributed by atoms with Crippen LogP contribution in [0.3, 0.4) is 0 Å². The van der Waals surface area contributed by atoms with Crippen molar-refractivity contribution in [2.24, 2.45) is 0 Å². The molecular formula is C13H19N3O4. The molecule has 20 heavy (non-hydrogen) atoms. The van der Waals surface area contributed by atoms with E-state index in [-0.39, 0.29) is 18.1 Å². The van der Waals surface area contributed by atoms with Crippen molar-refractivity contribution in [2.45, 2.75) is 37.8 Å². The van der Waals surface area contributed by atoms with Gasteiger partial charge in [-0.3, -0.25) is 14.3 Å². The summed E-state index contributed by atoms with van der Waals surface area (Å²) in [5, 5.41) is 6.74. The van der Waals surface area contributed by atoms with E-state index in [2.05, 4.69) is 15.2 Å². The van der Waals surface area contributed by atoms with E-state index in [1.54, 1.807) is 13.3 Å². The molecule has 0 atom stereocenters. The Hall–Kier alpha value is -1.89. The zero-order valence-corrected chi connectivity index (χ0v) is 11.7. The first-order valence-corrected chi connectivity index (χ1v) is 6.51. The maximum atomic E-state index is 11.9. The molecule has 1 saturated carbocycles. The van der Waals surface area contributed by atoms with Crippen molar-refractivity contribution in [1.82, 2.24) is 9.78 Å². The van der Waals surface area contributed by atoms with Crippen LogP contribution < -0.4 is 5.32 Å². The zero-order chi connectivity index (χ0) is 14.6. The molecule has 1 aromatic rings. The molecule has 0 aromatic carbocycles. The van der Waals surface area contributed by atoms with Gasteiger partial charge in [-0.05, 0) is 19.3 Å². The lowest BCUT2D eigenvalue weighted by molar-refractivity contribution is -0.141. The summed E-state index contributed by atoms with van der Waals surface area (Å²) < 4.78 is 11.4. The highest BCUT2D eigenvalue weighted by Gasteiger charge is 2.39. The lowest BCUT2D eigenvalue weighted by atomic mass is 9.77. The molecule has 110 valence electrons. The summed E-state index contributed by atoms with van der Waals surface area (Å²) in [7, 11) is 2.96. The van der Waals surface area contributed by atoms with Gasteiger partial charge in [0.1, 0.15) is 6.54 Å². The number of ether oxygens (including phenoxy) is 2. The van der Waals surface area contributed by atoms with Gasteiger partial charge in [0.05, 0.1) is 31.0 Å². The van der Waals surface area contributed by atoms with Crippen LogP contribution in [-0.2, 0) is 25.6 Å². The third-order valence-corrected chi connectivity index (χ3v) is 3.62. The molecule has 1 heterocycles. The van der Waals surface area contributed by atoms with Gasteiger partial charge in [0.2, 0.25) is 5.91 Å². The molecule has 1 aromatic heterocycles. The minimum Gasteiger partial charge on any atom is -0.468 e. The Bertz CT molecular complexity index is 488. The largest absolute Gasteiger partial charge is 0.468 e.